The molecule has 5 rings (SSSR count). The van der Waals surface area contributed by atoms with Gasteiger partial charge in [0.05, 0.1) is 21.6 Å². The van der Waals surface area contributed by atoms with Gasteiger partial charge in [0.1, 0.15) is 5.00 Å². The summed E-state index contributed by atoms with van der Waals surface area (Å²) in [5, 5.41) is 3.80. The topological polar surface area (TPSA) is 17.8 Å². The minimum Gasteiger partial charge on any atom is -0.301 e. The van der Waals surface area contributed by atoms with Gasteiger partial charge in [-0.25, -0.2) is 0 Å². The second-order valence-electron chi connectivity index (χ2n) is 5.72. The summed E-state index contributed by atoms with van der Waals surface area (Å²) in [6.07, 6.45) is 1.84. The van der Waals surface area contributed by atoms with E-state index in [9.17, 15) is 0 Å². The van der Waals surface area contributed by atoms with Gasteiger partial charge in [-0.2, -0.15) is 0 Å². The van der Waals surface area contributed by atoms with Crippen molar-refractivity contribution in [1.82, 2.24) is 9.55 Å². The number of aromatic nitrogens is 2. The van der Waals surface area contributed by atoms with Crippen LogP contribution in [0.4, 0.5) is 0 Å². The molecule has 0 atom stereocenters. The molecule has 0 aliphatic rings. The number of pyridine rings is 1. The van der Waals surface area contributed by atoms with Crippen molar-refractivity contribution in [3.63, 3.8) is 0 Å². The van der Waals surface area contributed by atoms with E-state index in [1.807, 2.05) is 18.3 Å². The summed E-state index contributed by atoms with van der Waals surface area (Å²) < 4.78 is 2.35. The molecule has 3 heteroatoms. The Hall–Kier alpha value is -2.91. The van der Waals surface area contributed by atoms with Gasteiger partial charge in [-0.1, -0.05) is 42.5 Å². The van der Waals surface area contributed by atoms with E-state index in [4.69, 9.17) is 0 Å². The first-order valence-electron chi connectivity index (χ1n) is 7.91. The standard InChI is InChI=1S/C21H14N2S/c1-3-10-18-15(7-1)16-8-2-4-11-19(16)23(18)21-13-12-20(24-21)17-9-5-6-14-22-17/h1-14H. The average Bonchev–Trinajstić information content (AvgIpc) is 3.25. The molecule has 5 aromatic rings. The highest BCUT2D eigenvalue weighted by atomic mass is 32.1. The highest BCUT2D eigenvalue weighted by molar-refractivity contribution is 7.17. The second kappa shape index (κ2) is 5.32. The van der Waals surface area contributed by atoms with Gasteiger partial charge in [0.15, 0.2) is 0 Å². The summed E-state index contributed by atoms with van der Waals surface area (Å²) in [7, 11) is 0. The maximum atomic E-state index is 4.47. The molecule has 0 saturated carbocycles. The van der Waals surface area contributed by atoms with E-state index in [0.29, 0.717) is 0 Å². The Morgan fingerprint density at radius 3 is 2.00 bits per heavy atom. The quantitative estimate of drug-likeness (QED) is 0.394. The fraction of sp³-hybridized carbons (Fsp3) is 0. The molecule has 0 saturated heterocycles. The molecular weight excluding hydrogens is 312 g/mol. The van der Waals surface area contributed by atoms with Crippen LogP contribution in [0.2, 0.25) is 0 Å². The van der Waals surface area contributed by atoms with Crippen molar-refractivity contribution in [2.45, 2.75) is 0 Å². The molecule has 24 heavy (non-hydrogen) atoms. The Balaban J connectivity index is 1.79. The number of rotatable bonds is 2. The van der Waals surface area contributed by atoms with E-state index in [-0.39, 0.29) is 0 Å². The lowest BCUT2D eigenvalue weighted by molar-refractivity contribution is 1.22. The summed E-state index contributed by atoms with van der Waals surface area (Å²) in [4.78, 5) is 5.66. The first-order valence-corrected chi connectivity index (χ1v) is 8.73. The lowest BCUT2D eigenvalue weighted by Crippen LogP contribution is -1.89. The molecule has 3 heterocycles. The van der Waals surface area contributed by atoms with E-state index in [1.54, 1.807) is 11.3 Å². The molecular formula is C21H14N2S. The third-order valence-corrected chi connectivity index (χ3v) is 5.40. The number of thiophene rings is 1. The SMILES string of the molecule is c1ccc(-c2ccc(-n3c4ccccc4c4ccccc43)s2)nc1. The highest BCUT2D eigenvalue weighted by Gasteiger charge is 2.13. The number of hydrogen-bond donors (Lipinski definition) is 0. The van der Waals surface area contributed by atoms with Crippen molar-refractivity contribution in [3.05, 3.63) is 85.1 Å². The lowest BCUT2D eigenvalue weighted by atomic mass is 10.2. The predicted octanol–water partition coefficient (Wildman–Crippen LogP) is 5.91. The number of fused-ring (bicyclic) bond motifs is 3. The molecule has 2 aromatic carbocycles. The van der Waals surface area contributed by atoms with Gasteiger partial charge < -0.3 is 4.57 Å². The molecule has 2 nitrogen and oxygen atoms in total. The van der Waals surface area contributed by atoms with Gasteiger partial charge in [-0.3, -0.25) is 4.98 Å². The van der Waals surface area contributed by atoms with Crippen molar-refractivity contribution in [1.29, 1.82) is 0 Å². The predicted molar refractivity (Wildman–Crippen MR) is 102 cm³/mol. The monoisotopic (exact) mass is 326 g/mol. The fourth-order valence-corrected chi connectivity index (χ4v) is 4.26. The van der Waals surface area contributed by atoms with Gasteiger partial charge in [-0.15, -0.1) is 11.3 Å². The zero-order chi connectivity index (χ0) is 15.9. The van der Waals surface area contributed by atoms with Gasteiger partial charge in [0.2, 0.25) is 0 Å². The molecule has 0 amide bonds. The summed E-state index contributed by atoms with van der Waals surface area (Å²) >= 11 is 1.77. The van der Waals surface area contributed by atoms with Crippen LogP contribution in [-0.4, -0.2) is 9.55 Å². The van der Waals surface area contributed by atoms with Crippen LogP contribution in [0.15, 0.2) is 85.1 Å². The summed E-state index contributed by atoms with van der Waals surface area (Å²) in [6.45, 7) is 0. The van der Waals surface area contributed by atoms with Crippen molar-refractivity contribution in [2.75, 3.05) is 0 Å². The summed E-state index contributed by atoms with van der Waals surface area (Å²) in [6, 6.07) is 27.6. The number of nitrogens with zero attached hydrogens (tertiary/aromatic N) is 2. The molecule has 0 spiro atoms. The van der Waals surface area contributed by atoms with E-state index in [1.165, 1.54) is 31.7 Å². The smallest absolute Gasteiger partial charge is 0.101 e. The van der Waals surface area contributed by atoms with Crippen LogP contribution >= 0.6 is 11.3 Å². The van der Waals surface area contributed by atoms with Gasteiger partial charge in [-0.05, 0) is 36.4 Å². The van der Waals surface area contributed by atoms with Crippen LogP contribution in [0.3, 0.4) is 0 Å². The van der Waals surface area contributed by atoms with E-state index < -0.39 is 0 Å². The largest absolute Gasteiger partial charge is 0.301 e. The molecule has 114 valence electrons. The first-order chi connectivity index (χ1) is 11.9. The minimum absolute atomic E-state index is 1.02. The molecule has 0 aliphatic heterocycles. The maximum Gasteiger partial charge on any atom is 0.101 e. The van der Waals surface area contributed by atoms with E-state index in [2.05, 4.69) is 76.3 Å². The van der Waals surface area contributed by atoms with Gasteiger partial charge in [0.25, 0.3) is 0 Å². The molecule has 0 radical (unpaired) electrons. The number of para-hydroxylation sites is 2. The van der Waals surface area contributed by atoms with Crippen LogP contribution in [0.25, 0.3) is 37.4 Å². The van der Waals surface area contributed by atoms with Gasteiger partial charge in [0, 0.05) is 17.0 Å². The van der Waals surface area contributed by atoms with Crippen molar-refractivity contribution in [3.8, 4) is 15.6 Å². The van der Waals surface area contributed by atoms with Crippen LogP contribution in [0.1, 0.15) is 0 Å². The minimum atomic E-state index is 1.02. The Kier molecular flexibility index (Phi) is 3.00. The van der Waals surface area contributed by atoms with Crippen molar-refractivity contribution >= 4 is 33.1 Å². The molecule has 0 fully saturated rings. The fourth-order valence-electron chi connectivity index (χ4n) is 3.25. The van der Waals surface area contributed by atoms with Crippen LogP contribution < -0.4 is 0 Å². The van der Waals surface area contributed by atoms with E-state index >= 15 is 0 Å². The number of hydrogen-bond acceptors (Lipinski definition) is 2. The van der Waals surface area contributed by atoms with Gasteiger partial charge >= 0.3 is 0 Å². The molecule has 3 aromatic heterocycles. The summed E-state index contributed by atoms with van der Waals surface area (Å²) in [5.74, 6) is 0. The first kappa shape index (κ1) is 13.5. The van der Waals surface area contributed by atoms with Crippen LogP contribution in [0, 0.1) is 0 Å². The average molecular weight is 326 g/mol. The van der Waals surface area contributed by atoms with Crippen LogP contribution in [0.5, 0.6) is 0 Å². The Bertz CT molecular complexity index is 1100. The van der Waals surface area contributed by atoms with Crippen molar-refractivity contribution < 1.29 is 0 Å². The van der Waals surface area contributed by atoms with Crippen molar-refractivity contribution in [2.24, 2.45) is 0 Å². The molecule has 0 N–H and O–H groups in total. The Morgan fingerprint density at radius 2 is 1.33 bits per heavy atom. The lowest BCUT2D eigenvalue weighted by Gasteiger charge is -2.03. The molecule has 0 unspecified atom stereocenters. The second-order valence-corrected chi connectivity index (χ2v) is 6.78. The Labute approximate surface area is 143 Å². The molecule has 0 aliphatic carbocycles. The third-order valence-electron chi connectivity index (χ3n) is 4.31. The summed E-state index contributed by atoms with van der Waals surface area (Å²) in [5.41, 5.74) is 3.51. The van der Waals surface area contributed by atoms with Crippen LogP contribution in [-0.2, 0) is 0 Å². The van der Waals surface area contributed by atoms with E-state index in [0.717, 1.165) is 5.69 Å². The number of benzene rings is 2. The highest BCUT2D eigenvalue weighted by Crippen LogP contribution is 2.36. The Morgan fingerprint density at radius 1 is 0.667 bits per heavy atom. The third kappa shape index (κ3) is 1.99. The normalized spacial score (nSPS) is 11.3. The zero-order valence-electron chi connectivity index (χ0n) is 12.9. The molecule has 0 bridgehead atoms. The maximum absolute atomic E-state index is 4.47. The zero-order valence-corrected chi connectivity index (χ0v) is 13.7.